The fourth-order valence-electron chi connectivity index (χ4n) is 2.66. The van der Waals surface area contributed by atoms with E-state index in [9.17, 15) is 18.0 Å². The molecule has 0 aliphatic rings. The lowest BCUT2D eigenvalue weighted by atomic mass is 10.1. The Balaban J connectivity index is 1.71. The van der Waals surface area contributed by atoms with E-state index in [1.54, 1.807) is 55.5 Å². The predicted octanol–water partition coefficient (Wildman–Crippen LogP) is 3.14. The van der Waals surface area contributed by atoms with Crippen LogP contribution in [0.1, 0.15) is 38.6 Å². The molecule has 0 saturated heterocycles. The second-order valence-electron chi connectivity index (χ2n) is 6.32. The monoisotopic (exact) mass is 429 g/mol. The number of hydrogen-bond donors (Lipinski definition) is 3. The van der Waals surface area contributed by atoms with E-state index in [0.717, 1.165) is 0 Å². The van der Waals surface area contributed by atoms with Gasteiger partial charge in [-0.05, 0) is 54.3 Å². The molecule has 0 fully saturated rings. The van der Waals surface area contributed by atoms with Crippen molar-refractivity contribution in [3.8, 4) is 0 Å². The van der Waals surface area contributed by atoms with Gasteiger partial charge < -0.3 is 10.6 Å². The molecular formula is C20H19N3O4S2. The number of thiophene rings is 1. The summed E-state index contributed by atoms with van der Waals surface area (Å²) in [5.74, 6) is -0.600. The minimum atomic E-state index is -3.83. The molecule has 9 heteroatoms. The highest BCUT2D eigenvalue weighted by Crippen LogP contribution is 2.19. The van der Waals surface area contributed by atoms with E-state index < -0.39 is 16.1 Å². The van der Waals surface area contributed by atoms with Crippen molar-refractivity contribution in [1.29, 1.82) is 0 Å². The second kappa shape index (κ2) is 8.56. The molecule has 29 heavy (non-hydrogen) atoms. The Morgan fingerprint density at radius 1 is 1.00 bits per heavy atom. The highest BCUT2D eigenvalue weighted by molar-refractivity contribution is 7.89. The summed E-state index contributed by atoms with van der Waals surface area (Å²) < 4.78 is 23.0. The Morgan fingerprint density at radius 2 is 1.76 bits per heavy atom. The van der Waals surface area contributed by atoms with Crippen molar-refractivity contribution in [2.75, 3.05) is 5.32 Å². The quantitative estimate of drug-likeness (QED) is 0.558. The standard InChI is InChI=1S/C20H19N3O4S2/c1-13(14-5-3-8-17(12-14)29(21,26)27)22-19(24)15-6-2-7-16(11-15)23-20(25)18-9-4-10-28-18/h2-13H,1H3,(H,22,24)(H,23,25)(H2,21,26,27). The first-order valence-electron chi connectivity index (χ1n) is 8.62. The van der Waals surface area contributed by atoms with Crippen molar-refractivity contribution in [2.45, 2.75) is 17.9 Å². The number of carbonyl (C=O) groups is 2. The highest BCUT2D eigenvalue weighted by Gasteiger charge is 2.15. The van der Waals surface area contributed by atoms with E-state index in [2.05, 4.69) is 10.6 Å². The maximum atomic E-state index is 12.6. The Bertz CT molecular complexity index is 1140. The van der Waals surface area contributed by atoms with E-state index in [1.807, 2.05) is 5.38 Å². The molecule has 0 spiro atoms. The van der Waals surface area contributed by atoms with Crippen molar-refractivity contribution in [3.63, 3.8) is 0 Å². The second-order valence-corrected chi connectivity index (χ2v) is 8.83. The van der Waals surface area contributed by atoms with E-state index in [1.165, 1.54) is 23.5 Å². The maximum absolute atomic E-state index is 12.6. The average Bonchev–Trinajstić information content (AvgIpc) is 3.22. The third-order valence-corrected chi connectivity index (χ3v) is 5.94. The summed E-state index contributed by atoms with van der Waals surface area (Å²) >= 11 is 1.33. The van der Waals surface area contributed by atoms with E-state index in [0.29, 0.717) is 21.7 Å². The number of amides is 2. The summed E-state index contributed by atoms with van der Waals surface area (Å²) in [6.07, 6.45) is 0. The van der Waals surface area contributed by atoms with Gasteiger partial charge in [0.15, 0.2) is 0 Å². The molecule has 1 heterocycles. The van der Waals surface area contributed by atoms with Crippen molar-refractivity contribution in [1.82, 2.24) is 5.32 Å². The zero-order chi connectivity index (χ0) is 21.0. The number of primary sulfonamides is 1. The number of hydrogen-bond acceptors (Lipinski definition) is 5. The van der Waals surface area contributed by atoms with Gasteiger partial charge in [-0.2, -0.15) is 0 Å². The van der Waals surface area contributed by atoms with Crippen molar-refractivity contribution < 1.29 is 18.0 Å². The fourth-order valence-corrected chi connectivity index (χ4v) is 3.85. The summed E-state index contributed by atoms with van der Waals surface area (Å²) in [7, 11) is -3.83. The Hall–Kier alpha value is -3.01. The fraction of sp³-hybridized carbons (Fsp3) is 0.100. The molecule has 1 unspecified atom stereocenters. The molecule has 3 aromatic rings. The van der Waals surface area contributed by atoms with Gasteiger partial charge >= 0.3 is 0 Å². The molecule has 150 valence electrons. The van der Waals surface area contributed by atoms with Crippen LogP contribution in [0.2, 0.25) is 0 Å². The van der Waals surface area contributed by atoms with Gasteiger partial charge in [0, 0.05) is 11.3 Å². The van der Waals surface area contributed by atoms with Gasteiger partial charge in [0.05, 0.1) is 15.8 Å². The third kappa shape index (κ3) is 5.29. The molecule has 1 aromatic heterocycles. The summed E-state index contributed by atoms with van der Waals surface area (Å²) in [6.45, 7) is 1.74. The molecule has 4 N–H and O–H groups in total. The van der Waals surface area contributed by atoms with Gasteiger partial charge in [-0.1, -0.05) is 24.3 Å². The normalized spacial score (nSPS) is 12.2. The summed E-state index contributed by atoms with van der Waals surface area (Å²) in [4.78, 5) is 25.3. The minimum Gasteiger partial charge on any atom is -0.346 e. The lowest BCUT2D eigenvalue weighted by molar-refractivity contribution is 0.0938. The summed E-state index contributed by atoms with van der Waals surface area (Å²) in [5, 5.41) is 12.5. The van der Waals surface area contributed by atoms with Gasteiger partial charge in [-0.15, -0.1) is 11.3 Å². The maximum Gasteiger partial charge on any atom is 0.265 e. The third-order valence-electron chi connectivity index (χ3n) is 4.16. The molecule has 7 nitrogen and oxygen atoms in total. The lowest BCUT2D eigenvalue weighted by Gasteiger charge is -2.15. The number of nitrogens with one attached hydrogen (secondary N) is 2. The average molecular weight is 430 g/mol. The first-order valence-corrected chi connectivity index (χ1v) is 11.0. The molecule has 0 bridgehead atoms. The lowest BCUT2D eigenvalue weighted by Crippen LogP contribution is -2.27. The smallest absolute Gasteiger partial charge is 0.265 e. The molecule has 2 amide bonds. The molecule has 1 atom stereocenters. The van der Waals surface area contributed by atoms with Gasteiger partial charge in [0.25, 0.3) is 11.8 Å². The topological polar surface area (TPSA) is 118 Å². The van der Waals surface area contributed by atoms with Crippen LogP contribution in [-0.4, -0.2) is 20.2 Å². The first-order chi connectivity index (χ1) is 13.7. The molecule has 0 radical (unpaired) electrons. The van der Waals surface area contributed by atoms with Crippen LogP contribution in [0.25, 0.3) is 0 Å². The van der Waals surface area contributed by atoms with Gasteiger partial charge in [0.2, 0.25) is 10.0 Å². The van der Waals surface area contributed by atoms with Gasteiger partial charge in [-0.3, -0.25) is 9.59 Å². The first kappa shape index (κ1) is 20.7. The van der Waals surface area contributed by atoms with Crippen LogP contribution in [0.4, 0.5) is 5.69 Å². The van der Waals surface area contributed by atoms with Crippen molar-refractivity contribution in [2.24, 2.45) is 5.14 Å². The number of benzene rings is 2. The minimum absolute atomic E-state index is 0.0191. The molecule has 0 saturated carbocycles. The number of sulfonamides is 1. The van der Waals surface area contributed by atoms with Crippen LogP contribution in [0.15, 0.2) is 70.9 Å². The molecule has 0 aliphatic carbocycles. The van der Waals surface area contributed by atoms with Crippen LogP contribution in [0.5, 0.6) is 0 Å². The number of rotatable bonds is 6. The van der Waals surface area contributed by atoms with Crippen LogP contribution in [0, 0.1) is 0 Å². The van der Waals surface area contributed by atoms with Crippen LogP contribution in [-0.2, 0) is 10.0 Å². The summed E-state index contributed by atoms with van der Waals surface area (Å²) in [5.41, 5.74) is 1.47. The molecule has 3 rings (SSSR count). The highest BCUT2D eigenvalue weighted by atomic mass is 32.2. The Kier molecular flexibility index (Phi) is 6.12. The van der Waals surface area contributed by atoms with Crippen LogP contribution >= 0.6 is 11.3 Å². The van der Waals surface area contributed by atoms with Crippen LogP contribution in [0.3, 0.4) is 0 Å². The zero-order valence-corrected chi connectivity index (χ0v) is 17.1. The van der Waals surface area contributed by atoms with E-state index in [-0.39, 0.29) is 16.7 Å². The van der Waals surface area contributed by atoms with E-state index in [4.69, 9.17) is 5.14 Å². The van der Waals surface area contributed by atoms with Crippen molar-refractivity contribution in [3.05, 3.63) is 82.0 Å². The zero-order valence-electron chi connectivity index (χ0n) is 15.5. The number of nitrogens with two attached hydrogens (primary N) is 1. The predicted molar refractivity (Wildman–Crippen MR) is 112 cm³/mol. The molecular weight excluding hydrogens is 410 g/mol. The Morgan fingerprint density at radius 3 is 2.45 bits per heavy atom. The van der Waals surface area contributed by atoms with Crippen LogP contribution < -0.4 is 15.8 Å². The number of carbonyl (C=O) groups excluding carboxylic acids is 2. The van der Waals surface area contributed by atoms with E-state index >= 15 is 0 Å². The van der Waals surface area contributed by atoms with Crippen molar-refractivity contribution >= 4 is 38.9 Å². The van der Waals surface area contributed by atoms with Gasteiger partial charge in [0.1, 0.15) is 0 Å². The number of anilines is 1. The molecule has 2 aromatic carbocycles. The van der Waals surface area contributed by atoms with Gasteiger partial charge in [-0.25, -0.2) is 13.6 Å². The SMILES string of the molecule is CC(NC(=O)c1cccc(NC(=O)c2cccs2)c1)c1cccc(S(N)(=O)=O)c1. The Labute approximate surface area is 172 Å². The summed E-state index contributed by atoms with van der Waals surface area (Å²) in [6, 6.07) is 15.7. The largest absolute Gasteiger partial charge is 0.346 e. The molecule has 0 aliphatic heterocycles.